The van der Waals surface area contributed by atoms with E-state index >= 15 is 0 Å². The monoisotopic (exact) mass is 185 g/mol. The lowest BCUT2D eigenvalue weighted by molar-refractivity contribution is 0.122. The molecule has 0 atom stereocenters. The Balaban J connectivity index is 1.98. The highest BCUT2D eigenvalue weighted by Gasteiger charge is 2.34. The van der Waals surface area contributed by atoms with Gasteiger partial charge in [0.05, 0.1) is 0 Å². The maximum Gasteiger partial charge on any atom is 0.0474 e. The molecule has 0 aromatic rings. The zero-order chi connectivity index (χ0) is 9.57. The zero-order valence-corrected chi connectivity index (χ0v) is 9.07. The van der Waals surface area contributed by atoms with Crippen molar-refractivity contribution in [2.24, 2.45) is 5.41 Å². The van der Waals surface area contributed by atoms with E-state index in [1.807, 2.05) is 0 Å². The number of methoxy groups -OCH3 is 1. The summed E-state index contributed by atoms with van der Waals surface area (Å²) in [4.78, 5) is 0. The Kier molecular flexibility index (Phi) is 4.74. The van der Waals surface area contributed by atoms with Gasteiger partial charge in [-0.2, -0.15) is 0 Å². The van der Waals surface area contributed by atoms with E-state index in [1.165, 1.54) is 32.2 Å². The molecule has 0 saturated heterocycles. The fraction of sp³-hybridized carbons (Fsp3) is 1.00. The molecule has 1 saturated carbocycles. The van der Waals surface area contributed by atoms with Crippen molar-refractivity contribution >= 4 is 0 Å². The van der Waals surface area contributed by atoms with Crippen LogP contribution in [0.5, 0.6) is 0 Å². The second-order valence-electron chi connectivity index (χ2n) is 4.23. The highest BCUT2D eigenvalue weighted by atomic mass is 16.5. The molecule has 2 heteroatoms. The van der Waals surface area contributed by atoms with Gasteiger partial charge in [0.15, 0.2) is 0 Å². The highest BCUT2D eigenvalue weighted by Crippen LogP contribution is 2.42. The standard InChI is InChI=1S/C11H23NO/c1-3-11(6-4-7-11)10-12-8-5-9-13-2/h12H,3-10H2,1-2H3. The molecule has 0 aromatic heterocycles. The Hall–Kier alpha value is -0.0800. The number of hydrogen-bond acceptors (Lipinski definition) is 2. The van der Waals surface area contributed by atoms with Crippen molar-refractivity contribution in [3.05, 3.63) is 0 Å². The second-order valence-corrected chi connectivity index (χ2v) is 4.23. The molecule has 0 unspecified atom stereocenters. The fourth-order valence-corrected chi connectivity index (χ4v) is 2.03. The summed E-state index contributed by atoms with van der Waals surface area (Å²) in [5.74, 6) is 0. The molecular formula is C11H23NO. The molecule has 1 aliphatic rings. The van der Waals surface area contributed by atoms with Crippen LogP contribution >= 0.6 is 0 Å². The minimum Gasteiger partial charge on any atom is -0.385 e. The third-order valence-corrected chi connectivity index (χ3v) is 3.37. The Bertz CT molecular complexity index is 127. The van der Waals surface area contributed by atoms with E-state index in [9.17, 15) is 0 Å². The average Bonchev–Trinajstić information content (AvgIpc) is 2.09. The lowest BCUT2D eigenvalue weighted by atomic mass is 9.67. The van der Waals surface area contributed by atoms with E-state index in [4.69, 9.17) is 4.74 Å². The normalized spacial score (nSPS) is 19.8. The fourth-order valence-electron chi connectivity index (χ4n) is 2.03. The topological polar surface area (TPSA) is 21.3 Å². The largest absolute Gasteiger partial charge is 0.385 e. The van der Waals surface area contributed by atoms with Gasteiger partial charge in [0.25, 0.3) is 0 Å². The van der Waals surface area contributed by atoms with Gasteiger partial charge in [0.2, 0.25) is 0 Å². The summed E-state index contributed by atoms with van der Waals surface area (Å²) in [7, 11) is 1.76. The van der Waals surface area contributed by atoms with E-state index in [2.05, 4.69) is 12.2 Å². The van der Waals surface area contributed by atoms with E-state index in [0.29, 0.717) is 5.41 Å². The Morgan fingerprint density at radius 3 is 2.62 bits per heavy atom. The van der Waals surface area contributed by atoms with Crippen molar-refractivity contribution in [3.63, 3.8) is 0 Å². The van der Waals surface area contributed by atoms with Crippen LogP contribution in [0.2, 0.25) is 0 Å². The van der Waals surface area contributed by atoms with Crippen LogP contribution in [0.3, 0.4) is 0 Å². The molecule has 0 bridgehead atoms. The molecule has 2 nitrogen and oxygen atoms in total. The minimum absolute atomic E-state index is 0.660. The van der Waals surface area contributed by atoms with Gasteiger partial charge in [0, 0.05) is 20.3 Å². The van der Waals surface area contributed by atoms with Crippen molar-refractivity contribution in [1.29, 1.82) is 0 Å². The maximum atomic E-state index is 5.00. The SMILES string of the molecule is CCC1(CNCCCOC)CCC1. The molecule has 0 radical (unpaired) electrons. The summed E-state index contributed by atoms with van der Waals surface area (Å²) < 4.78 is 5.00. The van der Waals surface area contributed by atoms with Crippen molar-refractivity contribution < 1.29 is 4.74 Å². The summed E-state index contributed by atoms with van der Waals surface area (Å²) in [5.41, 5.74) is 0.660. The third-order valence-electron chi connectivity index (χ3n) is 3.37. The first-order chi connectivity index (χ1) is 6.33. The van der Waals surface area contributed by atoms with Crippen LogP contribution in [0.1, 0.15) is 39.0 Å². The van der Waals surface area contributed by atoms with Gasteiger partial charge >= 0.3 is 0 Å². The summed E-state index contributed by atoms with van der Waals surface area (Å²) in [6, 6.07) is 0. The van der Waals surface area contributed by atoms with Crippen LogP contribution in [0.25, 0.3) is 0 Å². The maximum absolute atomic E-state index is 5.00. The van der Waals surface area contributed by atoms with E-state index in [1.54, 1.807) is 7.11 Å². The Labute approximate surface area is 82.0 Å². The van der Waals surface area contributed by atoms with Crippen molar-refractivity contribution in [2.75, 3.05) is 26.8 Å². The lowest BCUT2D eigenvalue weighted by Gasteiger charge is -2.41. The van der Waals surface area contributed by atoms with Gasteiger partial charge in [-0.3, -0.25) is 0 Å². The van der Waals surface area contributed by atoms with Gasteiger partial charge in [-0.25, -0.2) is 0 Å². The predicted octanol–water partition coefficient (Wildman–Crippen LogP) is 2.19. The lowest BCUT2D eigenvalue weighted by Crippen LogP contribution is -2.39. The van der Waals surface area contributed by atoms with Crippen molar-refractivity contribution in [1.82, 2.24) is 5.32 Å². The smallest absolute Gasteiger partial charge is 0.0474 e. The predicted molar refractivity (Wildman–Crippen MR) is 55.9 cm³/mol. The molecule has 0 spiro atoms. The molecule has 1 rings (SSSR count). The molecule has 0 aliphatic heterocycles. The zero-order valence-electron chi connectivity index (χ0n) is 9.07. The van der Waals surface area contributed by atoms with Crippen LogP contribution < -0.4 is 5.32 Å². The molecule has 1 aliphatic carbocycles. The van der Waals surface area contributed by atoms with Gasteiger partial charge in [-0.15, -0.1) is 0 Å². The van der Waals surface area contributed by atoms with Gasteiger partial charge in [-0.1, -0.05) is 13.3 Å². The first-order valence-corrected chi connectivity index (χ1v) is 5.53. The van der Waals surface area contributed by atoms with Crippen molar-refractivity contribution in [3.8, 4) is 0 Å². The van der Waals surface area contributed by atoms with E-state index in [0.717, 1.165) is 19.6 Å². The molecular weight excluding hydrogens is 162 g/mol. The Morgan fingerprint density at radius 2 is 2.15 bits per heavy atom. The van der Waals surface area contributed by atoms with Gasteiger partial charge in [-0.05, 0) is 37.6 Å². The van der Waals surface area contributed by atoms with Crippen LogP contribution in [-0.4, -0.2) is 26.8 Å². The van der Waals surface area contributed by atoms with Crippen LogP contribution in [-0.2, 0) is 4.74 Å². The summed E-state index contributed by atoms with van der Waals surface area (Å²) in [6.07, 6.45) is 6.77. The number of ether oxygens (including phenoxy) is 1. The van der Waals surface area contributed by atoms with E-state index < -0.39 is 0 Å². The van der Waals surface area contributed by atoms with Crippen LogP contribution in [0.15, 0.2) is 0 Å². The summed E-state index contributed by atoms with van der Waals surface area (Å²) in [5, 5.41) is 3.53. The molecule has 1 N–H and O–H groups in total. The van der Waals surface area contributed by atoms with Crippen LogP contribution in [0.4, 0.5) is 0 Å². The van der Waals surface area contributed by atoms with E-state index in [-0.39, 0.29) is 0 Å². The third kappa shape index (κ3) is 3.28. The number of rotatable bonds is 7. The second kappa shape index (κ2) is 5.61. The summed E-state index contributed by atoms with van der Waals surface area (Å²) in [6.45, 7) is 5.52. The molecule has 0 heterocycles. The van der Waals surface area contributed by atoms with Crippen molar-refractivity contribution in [2.45, 2.75) is 39.0 Å². The number of hydrogen-bond donors (Lipinski definition) is 1. The molecule has 78 valence electrons. The van der Waals surface area contributed by atoms with Crippen LogP contribution in [0, 0.1) is 5.41 Å². The average molecular weight is 185 g/mol. The Morgan fingerprint density at radius 1 is 1.38 bits per heavy atom. The molecule has 0 aromatic carbocycles. The van der Waals surface area contributed by atoms with Gasteiger partial charge < -0.3 is 10.1 Å². The molecule has 13 heavy (non-hydrogen) atoms. The summed E-state index contributed by atoms with van der Waals surface area (Å²) >= 11 is 0. The highest BCUT2D eigenvalue weighted by molar-refractivity contribution is 4.88. The first-order valence-electron chi connectivity index (χ1n) is 5.53. The minimum atomic E-state index is 0.660. The quantitative estimate of drug-likeness (QED) is 0.614. The molecule has 1 fully saturated rings. The first kappa shape index (κ1) is 11.0. The molecule has 0 amide bonds. The number of nitrogens with one attached hydrogen (secondary N) is 1. The van der Waals surface area contributed by atoms with Gasteiger partial charge in [0.1, 0.15) is 0 Å².